The standard InChI is InChI=1S/C32H35FN4O2/c1-3-36(4-2)17-8-16-34-30-21-29-27(20-28(30)33)32(38)37-18-15-25(31(37)35-29)19-23-11-13-26(14-12-23)39-22-24-9-6-5-7-10-24/h5-7,9-14,19-21,34H,3-4,8,15-18,22H2,1-2H3/b25-19+. The number of benzene rings is 3. The lowest BCUT2D eigenvalue weighted by molar-refractivity contribution is 0.303. The first kappa shape index (κ1) is 26.6. The van der Waals surface area contributed by atoms with E-state index >= 15 is 0 Å². The third-order valence-electron chi connectivity index (χ3n) is 7.27. The van der Waals surface area contributed by atoms with E-state index in [1.54, 1.807) is 10.6 Å². The molecule has 0 unspecified atom stereocenters. The Bertz CT molecular complexity index is 1510. The molecule has 0 amide bonds. The Morgan fingerprint density at radius 3 is 2.59 bits per heavy atom. The highest BCUT2D eigenvalue weighted by Gasteiger charge is 2.22. The van der Waals surface area contributed by atoms with Crippen LogP contribution >= 0.6 is 0 Å². The lowest BCUT2D eigenvalue weighted by Crippen LogP contribution is -2.25. The maximum Gasteiger partial charge on any atom is 0.261 e. The summed E-state index contributed by atoms with van der Waals surface area (Å²) in [6.07, 6.45) is 3.67. The van der Waals surface area contributed by atoms with Crippen molar-refractivity contribution in [2.24, 2.45) is 0 Å². The molecule has 7 heteroatoms. The van der Waals surface area contributed by atoms with Gasteiger partial charge in [-0.15, -0.1) is 0 Å². The lowest BCUT2D eigenvalue weighted by atomic mass is 10.1. The summed E-state index contributed by atoms with van der Waals surface area (Å²) in [4.78, 5) is 20.4. The average molecular weight is 527 g/mol. The van der Waals surface area contributed by atoms with Crippen molar-refractivity contribution in [3.05, 3.63) is 99.9 Å². The molecule has 0 fully saturated rings. The van der Waals surface area contributed by atoms with Gasteiger partial charge in [0.1, 0.15) is 24.0 Å². The molecule has 0 radical (unpaired) electrons. The number of hydrogen-bond acceptors (Lipinski definition) is 5. The highest BCUT2D eigenvalue weighted by Crippen LogP contribution is 2.29. The summed E-state index contributed by atoms with van der Waals surface area (Å²) in [6.45, 7) is 8.94. The molecule has 0 saturated heterocycles. The summed E-state index contributed by atoms with van der Waals surface area (Å²) in [5.41, 5.74) is 3.81. The van der Waals surface area contributed by atoms with Gasteiger partial charge in [0.15, 0.2) is 0 Å². The molecule has 3 aromatic carbocycles. The molecule has 39 heavy (non-hydrogen) atoms. The van der Waals surface area contributed by atoms with Crippen LogP contribution in [0.25, 0.3) is 22.6 Å². The van der Waals surface area contributed by atoms with Gasteiger partial charge in [0.05, 0.1) is 16.6 Å². The van der Waals surface area contributed by atoms with Crippen molar-refractivity contribution in [1.82, 2.24) is 14.5 Å². The Morgan fingerprint density at radius 1 is 1.08 bits per heavy atom. The first-order valence-electron chi connectivity index (χ1n) is 13.7. The number of halogens is 1. The van der Waals surface area contributed by atoms with Crippen LogP contribution in [0.15, 0.2) is 71.5 Å². The van der Waals surface area contributed by atoms with Crippen LogP contribution in [-0.4, -0.2) is 40.6 Å². The van der Waals surface area contributed by atoms with Crippen molar-refractivity contribution >= 4 is 28.2 Å². The number of hydrogen-bond donors (Lipinski definition) is 1. The number of allylic oxidation sites excluding steroid dienone is 1. The third kappa shape index (κ3) is 6.20. The first-order chi connectivity index (χ1) is 19.1. The number of nitrogens with one attached hydrogen (secondary N) is 1. The SMILES string of the molecule is CCN(CC)CCCNc1cc2nc3n(c(=O)c2cc1F)CC/C3=C\c1ccc(OCc2ccccc2)cc1. The van der Waals surface area contributed by atoms with Gasteiger partial charge in [0.2, 0.25) is 0 Å². The van der Waals surface area contributed by atoms with Crippen molar-refractivity contribution in [1.29, 1.82) is 0 Å². The van der Waals surface area contributed by atoms with E-state index in [1.807, 2.05) is 54.6 Å². The third-order valence-corrected chi connectivity index (χ3v) is 7.27. The molecule has 0 saturated carbocycles. The molecule has 0 spiro atoms. The topological polar surface area (TPSA) is 59.4 Å². The first-order valence-corrected chi connectivity index (χ1v) is 13.7. The second-order valence-electron chi connectivity index (χ2n) is 9.81. The van der Waals surface area contributed by atoms with Crippen LogP contribution in [0.3, 0.4) is 0 Å². The zero-order chi connectivity index (χ0) is 27.2. The number of aromatic nitrogens is 2. The molecular weight excluding hydrogens is 491 g/mol. The van der Waals surface area contributed by atoms with Crippen molar-refractivity contribution in [2.75, 3.05) is 31.5 Å². The molecule has 1 aliphatic rings. The highest BCUT2D eigenvalue weighted by atomic mass is 19.1. The van der Waals surface area contributed by atoms with Gasteiger partial charge in [-0.1, -0.05) is 56.3 Å². The highest BCUT2D eigenvalue weighted by molar-refractivity contribution is 5.86. The second kappa shape index (κ2) is 12.3. The van der Waals surface area contributed by atoms with E-state index in [-0.39, 0.29) is 5.56 Å². The summed E-state index contributed by atoms with van der Waals surface area (Å²) in [6, 6.07) is 21.0. The van der Waals surface area contributed by atoms with Gasteiger partial charge in [-0.3, -0.25) is 9.36 Å². The molecule has 0 bridgehead atoms. The fourth-order valence-electron chi connectivity index (χ4n) is 4.98. The smallest absolute Gasteiger partial charge is 0.261 e. The lowest BCUT2D eigenvalue weighted by Gasteiger charge is -2.18. The summed E-state index contributed by atoms with van der Waals surface area (Å²) >= 11 is 0. The van der Waals surface area contributed by atoms with Gasteiger partial charge in [-0.05, 0) is 79.5 Å². The molecule has 0 atom stereocenters. The maximum atomic E-state index is 14.8. The number of ether oxygens (including phenoxy) is 1. The molecule has 1 N–H and O–H groups in total. The van der Waals surface area contributed by atoms with E-state index in [4.69, 9.17) is 9.72 Å². The Hall–Kier alpha value is -3.97. The number of rotatable bonds is 11. The molecular formula is C32H35FN4O2. The zero-order valence-electron chi connectivity index (χ0n) is 22.6. The summed E-state index contributed by atoms with van der Waals surface area (Å²) < 4.78 is 22.4. The summed E-state index contributed by atoms with van der Waals surface area (Å²) in [5.74, 6) is 1.02. The van der Waals surface area contributed by atoms with E-state index in [9.17, 15) is 9.18 Å². The Kier molecular flexibility index (Phi) is 8.37. The molecule has 6 nitrogen and oxygen atoms in total. The summed E-state index contributed by atoms with van der Waals surface area (Å²) in [7, 11) is 0. The molecule has 0 aliphatic carbocycles. The van der Waals surface area contributed by atoms with Gasteiger partial charge in [-0.2, -0.15) is 0 Å². The summed E-state index contributed by atoms with van der Waals surface area (Å²) in [5, 5.41) is 3.51. The zero-order valence-corrected chi connectivity index (χ0v) is 22.6. The maximum absolute atomic E-state index is 14.8. The van der Waals surface area contributed by atoms with Gasteiger partial charge in [-0.25, -0.2) is 9.37 Å². The number of fused-ring (bicyclic) bond motifs is 2. The minimum atomic E-state index is -0.423. The minimum Gasteiger partial charge on any atom is -0.489 e. The Labute approximate surface area is 228 Å². The quantitative estimate of drug-likeness (QED) is 0.236. The fourth-order valence-corrected chi connectivity index (χ4v) is 4.98. The van der Waals surface area contributed by atoms with Crippen LogP contribution in [0.2, 0.25) is 0 Å². The number of anilines is 1. The average Bonchev–Trinajstić information content (AvgIpc) is 3.36. The van der Waals surface area contributed by atoms with Crippen molar-refractivity contribution < 1.29 is 9.13 Å². The predicted molar refractivity (Wildman–Crippen MR) is 157 cm³/mol. The van der Waals surface area contributed by atoms with E-state index in [2.05, 4.69) is 30.1 Å². The minimum absolute atomic E-state index is 0.199. The van der Waals surface area contributed by atoms with Crippen LogP contribution in [0.1, 0.15) is 43.6 Å². The number of nitrogens with zero attached hydrogens (tertiary/aromatic N) is 3. The van der Waals surface area contributed by atoms with E-state index in [1.165, 1.54) is 6.07 Å². The molecule has 202 valence electrons. The van der Waals surface area contributed by atoms with Crippen LogP contribution in [0.5, 0.6) is 5.75 Å². The van der Waals surface area contributed by atoms with Crippen LogP contribution in [0.4, 0.5) is 10.1 Å². The van der Waals surface area contributed by atoms with E-state index in [0.29, 0.717) is 48.5 Å². The molecule has 2 heterocycles. The predicted octanol–water partition coefficient (Wildman–Crippen LogP) is 6.20. The monoisotopic (exact) mass is 526 g/mol. The normalized spacial score (nSPS) is 13.8. The fraction of sp³-hybridized carbons (Fsp3) is 0.312. The molecule has 1 aliphatic heterocycles. The van der Waals surface area contributed by atoms with Gasteiger partial charge >= 0.3 is 0 Å². The van der Waals surface area contributed by atoms with Gasteiger partial charge < -0.3 is 15.0 Å². The van der Waals surface area contributed by atoms with Crippen LogP contribution < -0.4 is 15.6 Å². The van der Waals surface area contributed by atoms with Gasteiger partial charge in [0.25, 0.3) is 5.56 Å². The molecule has 5 rings (SSSR count). The van der Waals surface area contributed by atoms with E-state index in [0.717, 1.165) is 48.5 Å². The molecule has 4 aromatic rings. The van der Waals surface area contributed by atoms with Crippen molar-refractivity contribution in [3.8, 4) is 5.75 Å². The Balaban J connectivity index is 1.32. The Morgan fingerprint density at radius 2 is 1.85 bits per heavy atom. The molecule has 1 aromatic heterocycles. The van der Waals surface area contributed by atoms with E-state index < -0.39 is 5.82 Å². The van der Waals surface area contributed by atoms with Gasteiger partial charge in [0, 0.05) is 13.1 Å². The van der Waals surface area contributed by atoms with Crippen LogP contribution in [-0.2, 0) is 13.2 Å². The second-order valence-corrected chi connectivity index (χ2v) is 9.81. The van der Waals surface area contributed by atoms with Crippen molar-refractivity contribution in [3.63, 3.8) is 0 Å². The largest absolute Gasteiger partial charge is 0.489 e. The van der Waals surface area contributed by atoms with Crippen molar-refractivity contribution in [2.45, 2.75) is 39.8 Å². The van der Waals surface area contributed by atoms with Crippen LogP contribution in [0, 0.1) is 5.82 Å².